The molecule has 0 aliphatic rings. The Labute approximate surface area is 130 Å². The van der Waals surface area contributed by atoms with Crippen molar-refractivity contribution in [3.8, 4) is 0 Å². The van der Waals surface area contributed by atoms with Crippen molar-refractivity contribution in [2.75, 3.05) is 6.61 Å². The number of carboxylic acid groups (broad SMARTS) is 1. The van der Waals surface area contributed by atoms with Gasteiger partial charge in [-0.25, -0.2) is 4.79 Å². The topological polar surface area (TPSA) is 46.5 Å². The zero-order chi connectivity index (χ0) is 14.7. The van der Waals surface area contributed by atoms with Gasteiger partial charge in [-0.1, -0.05) is 24.3 Å². The maximum absolute atomic E-state index is 11.4. The zero-order valence-corrected chi connectivity index (χ0v) is 12.9. The normalized spacial score (nSPS) is 11.0. The molecule has 0 aliphatic heterocycles. The number of hydrogen-bond acceptors (Lipinski definition) is 4. The first-order valence-electron chi connectivity index (χ1n) is 6.59. The van der Waals surface area contributed by atoms with Crippen molar-refractivity contribution in [3.05, 3.63) is 57.1 Å². The summed E-state index contributed by atoms with van der Waals surface area (Å²) in [7, 11) is 0. The van der Waals surface area contributed by atoms with E-state index in [-0.39, 0.29) is 0 Å². The molecule has 2 heterocycles. The molecule has 0 spiro atoms. The summed E-state index contributed by atoms with van der Waals surface area (Å²) in [5, 5.41) is 12.4. The summed E-state index contributed by atoms with van der Waals surface area (Å²) < 4.78 is 6.69. The number of benzene rings is 1. The minimum absolute atomic E-state index is 0.344. The molecule has 0 amide bonds. The minimum Gasteiger partial charge on any atom is -0.477 e. The Morgan fingerprint density at radius 2 is 2.05 bits per heavy atom. The average molecular weight is 318 g/mol. The van der Waals surface area contributed by atoms with Crippen LogP contribution in [0.3, 0.4) is 0 Å². The van der Waals surface area contributed by atoms with Crippen LogP contribution in [-0.2, 0) is 17.8 Å². The molecule has 3 rings (SSSR count). The largest absolute Gasteiger partial charge is 0.477 e. The third-order valence-corrected chi connectivity index (χ3v) is 5.35. The van der Waals surface area contributed by atoms with E-state index in [9.17, 15) is 9.90 Å². The van der Waals surface area contributed by atoms with Crippen LogP contribution in [0.5, 0.6) is 0 Å². The maximum atomic E-state index is 11.4. The first-order valence-corrected chi connectivity index (χ1v) is 8.29. The first kappa shape index (κ1) is 14.3. The number of ether oxygens (including phenoxy) is 1. The number of thiophene rings is 2. The highest BCUT2D eigenvalue weighted by molar-refractivity contribution is 7.21. The van der Waals surface area contributed by atoms with E-state index >= 15 is 0 Å². The fourth-order valence-corrected chi connectivity index (χ4v) is 3.95. The SMILES string of the molecule is O=C(O)c1sc2ccccc2c1COCCc1cccs1. The molecule has 21 heavy (non-hydrogen) atoms. The van der Waals surface area contributed by atoms with Gasteiger partial charge in [0.15, 0.2) is 0 Å². The Balaban J connectivity index is 1.73. The fourth-order valence-electron chi connectivity index (χ4n) is 2.22. The molecule has 0 atom stereocenters. The van der Waals surface area contributed by atoms with Crippen molar-refractivity contribution in [1.29, 1.82) is 0 Å². The summed E-state index contributed by atoms with van der Waals surface area (Å²) in [6, 6.07) is 11.9. The fraction of sp³-hybridized carbons (Fsp3) is 0.188. The highest BCUT2D eigenvalue weighted by Gasteiger charge is 2.17. The second-order valence-corrected chi connectivity index (χ2v) is 6.68. The van der Waals surface area contributed by atoms with Gasteiger partial charge in [-0.2, -0.15) is 0 Å². The monoisotopic (exact) mass is 318 g/mol. The van der Waals surface area contributed by atoms with Crippen molar-refractivity contribution in [1.82, 2.24) is 0 Å². The van der Waals surface area contributed by atoms with Crippen LogP contribution in [-0.4, -0.2) is 17.7 Å². The molecule has 0 fully saturated rings. The lowest BCUT2D eigenvalue weighted by atomic mass is 10.1. The molecule has 3 aromatic rings. The Hall–Kier alpha value is -1.69. The van der Waals surface area contributed by atoms with Gasteiger partial charge >= 0.3 is 5.97 Å². The van der Waals surface area contributed by atoms with E-state index in [1.54, 1.807) is 11.3 Å². The van der Waals surface area contributed by atoms with Crippen molar-refractivity contribution < 1.29 is 14.6 Å². The molecular weight excluding hydrogens is 304 g/mol. The van der Waals surface area contributed by atoms with E-state index in [2.05, 4.69) is 6.07 Å². The van der Waals surface area contributed by atoms with Gasteiger partial charge in [0, 0.05) is 21.6 Å². The third-order valence-electron chi connectivity index (χ3n) is 3.21. The van der Waals surface area contributed by atoms with Gasteiger partial charge in [-0.05, 0) is 22.9 Å². The van der Waals surface area contributed by atoms with Crippen LogP contribution in [0.25, 0.3) is 10.1 Å². The van der Waals surface area contributed by atoms with Crippen LogP contribution >= 0.6 is 22.7 Å². The number of aromatic carboxylic acids is 1. The highest BCUT2D eigenvalue weighted by atomic mass is 32.1. The minimum atomic E-state index is -0.881. The van der Waals surface area contributed by atoms with E-state index in [0.29, 0.717) is 18.1 Å². The van der Waals surface area contributed by atoms with Crippen LogP contribution < -0.4 is 0 Å². The van der Waals surface area contributed by atoms with Crippen molar-refractivity contribution in [2.24, 2.45) is 0 Å². The number of fused-ring (bicyclic) bond motifs is 1. The zero-order valence-electron chi connectivity index (χ0n) is 11.2. The summed E-state index contributed by atoms with van der Waals surface area (Å²) in [6.07, 6.45) is 0.863. The second-order valence-electron chi connectivity index (χ2n) is 4.59. The Kier molecular flexibility index (Phi) is 4.34. The average Bonchev–Trinajstić information content (AvgIpc) is 3.11. The van der Waals surface area contributed by atoms with Crippen molar-refractivity contribution in [2.45, 2.75) is 13.0 Å². The summed E-state index contributed by atoms with van der Waals surface area (Å²) in [6.45, 7) is 0.945. The lowest BCUT2D eigenvalue weighted by Crippen LogP contribution is -2.02. The van der Waals surface area contributed by atoms with Gasteiger partial charge in [0.25, 0.3) is 0 Å². The molecule has 1 aromatic carbocycles. The first-order chi connectivity index (χ1) is 10.3. The van der Waals surface area contributed by atoms with E-state index in [4.69, 9.17) is 4.74 Å². The van der Waals surface area contributed by atoms with Gasteiger partial charge in [-0.15, -0.1) is 22.7 Å². The van der Waals surface area contributed by atoms with Gasteiger partial charge in [0.2, 0.25) is 0 Å². The summed E-state index contributed by atoms with van der Waals surface area (Å²) in [4.78, 5) is 13.0. The second kappa shape index (κ2) is 6.39. The molecule has 0 saturated carbocycles. The predicted octanol–water partition coefficient (Wildman–Crippen LogP) is 4.42. The predicted molar refractivity (Wildman–Crippen MR) is 86.5 cm³/mol. The van der Waals surface area contributed by atoms with Gasteiger partial charge in [0.1, 0.15) is 4.88 Å². The van der Waals surface area contributed by atoms with Crippen LogP contribution in [0.4, 0.5) is 0 Å². The number of carbonyl (C=O) groups is 1. The summed E-state index contributed by atoms with van der Waals surface area (Å²) in [5.41, 5.74) is 0.786. The molecule has 0 radical (unpaired) electrons. The standard InChI is InChI=1S/C16H14O3S2/c17-16(18)15-13(12-5-1-2-6-14(12)21-15)10-19-8-7-11-4-3-9-20-11/h1-6,9H,7-8,10H2,(H,17,18). The van der Waals surface area contributed by atoms with Crippen molar-refractivity contribution >= 4 is 38.7 Å². The Morgan fingerprint density at radius 1 is 1.19 bits per heavy atom. The molecule has 0 aliphatic carbocycles. The van der Waals surface area contributed by atoms with Crippen LogP contribution in [0.1, 0.15) is 20.1 Å². The molecule has 0 saturated heterocycles. The molecule has 5 heteroatoms. The van der Waals surface area contributed by atoms with Gasteiger partial charge < -0.3 is 9.84 Å². The van der Waals surface area contributed by atoms with Gasteiger partial charge in [0.05, 0.1) is 13.2 Å². The number of rotatable bonds is 6. The Bertz CT molecular complexity index is 744. The van der Waals surface area contributed by atoms with E-state index in [0.717, 1.165) is 22.1 Å². The van der Waals surface area contributed by atoms with E-state index < -0.39 is 5.97 Å². The molecule has 3 nitrogen and oxygen atoms in total. The highest BCUT2D eigenvalue weighted by Crippen LogP contribution is 2.31. The van der Waals surface area contributed by atoms with Gasteiger partial charge in [-0.3, -0.25) is 0 Å². The lowest BCUT2D eigenvalue weighted by Gasteiger charge is -2.04. The molecule has 1 N–H and O–H groups in total. The van der Waals surface area contributed by atoms with E-state index in [1.165, 1.54) is 16.2 Å². The molecule has 2 aromatic heterocycles. The smallest absolute Gasteiger partial charge is 0.346 e. The maximum Gasteiger partial charge on any atom is 0.346 e. The lowest BCUT2D eigenvalue weighted by molar-refractivity contribution is 0.0694. The van der Waals surface area contributed by atoms with Crippen LogP contribution in [0.15, 0.2) is 41.8 Å². The quantitative estimate of drug-likeness (QED) is 0.684. The molecule has 0 bridgehead atoms. The van der Waals surface area contributed by atoms with Crippen molar-refractivity contribution in [3.63, 3.8) is 0 Å². The number of hydrogen-bond donors (Lipinski definition) is 1. The van der Waals surface area contributed by atoms with Crippen LogP contribution in [0, 0.1) is 0 Å². The third kappa shape index (κ3) is 3.15. The molecule has 0 unspecified atom stereocenters. The summed E-state index contributed by atoms with van der Waals surface area (Å²) in [5.74, 6) is -0.881. The molecule has 108 valence electrons. The summed E-state index contributed by atoms with van der Waals surface area (Å²) >= 11 is 3.02. The Morgan fingerprint density at radius 3 is 2.81 bits per heavy atom. The number of carboxylic acids is 1. The van der Waals surface area contributed by atoms with Crippen LogP contribution in [0.2, 0.25) is 0 Å². The molecular formula is C16H14O3S2. The van der Waals surface area contributed by atoms with E-state index in [1.807, 2.05) is 35.7 Å².